The SMILES string of the molecule is CCCCCCCCOC1(C)CCC(c2ccc(-c3ccc(OCCC(C)CCCC(C)C)cc3)cc2)CC1. The largest absolute Gasteiger partial charge is 0.494 e. The van der Waals surface area contributed by atoms with Gasteiger partial charge in [-0.2, -0.15) is 0 Å². The summed E-state index contributed by atoms with van der Waals surface area (Å²) >= 11 is 0. The summed E-state index contributed by atoms with van der Waals surface area (Å²) in [7, 11) is 0. The summed E-state index contributed by atoms with van der Waals surface area (Å²) in [4.78, 5) is 0. The third kappa shape index (κ3) is 11.7. The van der Waals surface area contributed by atoms with Gasteiger partial charge < -0.3 is 9.47 Å². The number of ether oxygens (including phenoxy) is 2. The van der Waals surface area contributed by atoms with E-state index in [-0.39, 0.29) is 5.60 Å². The molecule has 0 aromatic heterocycles. The Morgan fingerprint density at radius 1 is 0.718 bits per heavy atom. The summed E-state index contributed by atoms with van der Waals surface area (Å²) in [6, 6.07) is 17.9. The van der Waals surface area contributed by atoms with E-state index in [1.165, 1.54) is 100 Å². The fourth-order valence-electron chi connectivity index (χ4n) is 6.00. The lowest BCUT2D eigenvalue weighted by atomic mass is 9.76. The molecule has 0 saturated heterocycles. The van der Waals surface area contributed by atoms with Crippen molar-refractivity contribution in [1.82, 2.24) is 0 Å². The predicted molar refractivity (Wildman–Crippen MR) is 169 cm³/mol. The van der Waals surface area contributed by atoms with Crippen molar-refractivity contribution in [3.63, 3.8) is 0 Å². The van der Waals surface area contributed by atoms with Crippen LogP contribution in [0.1, 0.15) is 136 Å². The van der Waals surface area contributed by atoms with Gasteiger partial charge in [-0.1, -0.05) is 115 Å². The van der Waals surface area contributed by atoms with E-state index in [2.05, 4.69) is 83.1 Å². The molecule has 0 aliphatic heterocycles. The maximum atomic E-state index is 6.40. The predicted octanol–water partition coefficient (Wildman–Crippen LogP) is 11.4. The van der Waals surface area contributed by atoms with Crippen molar-refractivity contribution in [3.8, 4) is 16.9 Å². The Kier molecular flexibility index (Phi) is 13.9. The highest BCUT2D eigenvalue weighted by Gasteiger charge is 2.32. The minimum atomic E-state index is 0.0788. The molecule has 1 saturated carbocycles. The highest BCUT2D eigenvalue weighted by atomic mass is 16.5. The molecule has 0 bridgehead atoms. The Morgan fingerprint density at radius 2 is 1.33 bits per heavy atom. The molecule has 1 unspecified atom stereocenters. The molecule has 3 rings (SSSR count). The summed E-state index contributed by atoms with van der Waals surface area (Å²) in [6.45, 7) is 13.3. The Balaban J connectivity index is 1.37. The maximum Gasteiger partial charge on any atom is 0.119 e. The van der Waals surface area contributed by atoms with Crippen molar-refractivity contribution in [2.24, 2.45) is 11.8 Å². The molecule has 39 heavy (non-hydrogen) atoms. The summed E-state index contributed by atoms with van der Waals surface area (Å²) < 4.78 is 12.4. The first-order valence-corrected chi connectivity index (χ1v) is 16.4. The summed E-state index contributed by atoms with van der Waals surface area (Å²) in [5.41, 5.74) is 4.11. The molecule has 218 valence electrons. The van der Waals surface area contributed by atoms with E-state index in [1.807, 2.05) is 0 Å². The van der Waals surface area contributed by atoms with Crippen molar-refractivity contribution in [2.45, 2.75) is 136 Å². The lowest BCUT2D eigenvalue weighted by Crippen LogP contribution is -2.33. The molecular weight excluding hydrogens is 476 g/mol. The van der Waals surface area contributed by atoms with E-state index in [0.717, 1.165) is 37.2 Å². The van der Waals surface area contributed by atoms with Gasteiger partial charge in [-0.05, 0) is 92.0 Å². The van der Waals surface area contributed by atoms with Gasteiger partial charge in [0, 0.05) is 6.61 Å². The van der Waals surface area contributed by atoms with Crippen LogP contribution in [0.25, 0.3) is 11.1 Å². The van der Waals surface area contributed by atoms with Crippen LogP contribution in [0.2, 0.25) is 0 Å². The third-order valence-corrected chi connectivity index (χ3v) is 8.92. The average Bonchev–Trinajstić information content (AvgIpc) is 2.93. The van der Waals surface area contributed by atoms with Gasteiger partial charge in [0.2, 0.25) is 0 Å². The summed E-state index contributed by atoms with van der Waals surface area (Å²) in [5, 5.41) is 0. The van der Waals surface area contributed by atoms with Crippen molar-refractivity contribution < 1.29 is 9.47 Å². The van der Waals surface area contributed by atoms with Crippen LogP contribution in [-0.4, -0.2) is 18.8 Å². The first-order valence-electron chi connectivity index (χ1n) is 16.4. The smallest absolute Gasteiger partial charge is 0.119 e. The lowest BCUT2D eigenvalue weighted by molar-refractivity contribution is -0.0605. The third-order valence-electron chi connectivity index (χ3n) is 8.92. The molecule has 0 heterocycles. The van der Waals surface area contributed by atoms with Gasteiger partial charge in [0.15, 0.2) is 0 Å². The molecule has 0 amide bonds. The zero-order valence-corrected chi connectivity index (χ0v) is 26.0. The van der Waals surface area contributed by atoms with Crippen LogP contribution in [0.15, 0.2) is 48.5 Å². The molecule has 0 radical (unpaired) electrons. The van der Waals surface area contributed by atoms with Crippen molar-refractivity contribution in [1.29, 1.82) is 0 Å². The standard InChI is InChI=1S/C37H58O2/c1-6-7-8-9-10-11-28-39-37(5)26-23-35(24-27-37)33-17-15-32(16-18-33)34-19-21-36(22-20-34)38-29-25-31(4)14-12-13-30(2)3/h15-22,30-31,35H,6-14,23-29H2,1-5H3. The van der Waals surface area contributed by atoms with Crippen LogP contribution >= 0.6 is 0 Å². The molecule has 2 aromatic carbocycles. The van der Waals surface area contributed by atoms with Gasteiger partial charge in [-0.15, -0.1) is 0 Å². The van der Waals surface area contributed by atoms with E-state index >= 15 is 0 Å². The van der Waals surface area contributed by atoms with Crippen LogP contribution in [0.5, 0.6) is 5.75 Å². The molecular formula is C37H58O2. The van der Waals surface area contributed by atoms with Crippen LogP contribution in [0, 0.1) is 11.8 Å². The van der Waals surface area contributed by atoms with E-state index in [0.29, 0.717) is 5.92 Å². The number of hydrogen-bond acceptors (Lipinski definition) is 2. The highest BCUT2D eigenvalue weighted by molar-refractivity contribution is 5.64. The maximum absolute atomic E-state index is 6.40. The molecule has 2 heteroatoms. The molecule has 1 atom stereocenters. The number of hydrogen-bond donors (Lipinski definition) is 0. The minimum absolute atomic E-state index is 0.0788. The normalized spacial score (nSPS) is 20.3. The van der Waals surface area contributed by atoms with Crippen molar-refractivity contribution in [2.75, 3.05) is 13.2 Å². The molecule has 2 nitrogen and oxygen atoms in total. The van der Waals surface area contributed by atoms with Gasteiger partial charge in [0.1, 0.15) is 5.75 Å². The number of benzene rings is 2. The van der Waals surface area contributed by atoms with Crippen LogP contribution in [0.4, 0.5) is 0 Å². The fraction of sp³-hybridized carbons (Fsp3) is 0.676. The molecule has 2 aromatic rings. The average molecular weight is 535 g/mol. The highest BCUT2D eigenvalue weighted by Crippen LogP contribution is 2.40. The fourth-order valence-corrected chi connectivity index (χ4v) is 6.00. The topological polar surface area (TPSA) is 18.5 Å². The summed E-state index contributed by atoms with van der Waals surface area (Å²) in [5.74, 6) is 3.19. The Labute approximate surface area is 241 Å². The first-order chi connectivity index (χ1) is 18.9. The van der Waals surface area contributed by atoms with Gasteiger partial charge in [0.05, 0.1) is 12.2 Å². The number of rotatable bonds is 18. The van der Waals surface area contributed by atoms with Crippen LogP contribution in [0.3, 0.4) is 0 Å². The second-order valence-electron chi connectivity index (χ2n) is 13.1. The molecule has 1 aliphatic rings. The van der Waals surface area contributed by atoms with E-state index in [4.69, 9.17) is 9.47 Å². The summed E-state index contributed by atoms with van der Waals surface area (Å²) in [6.07, 6.45) is 17.9. The van der Waals surface area contributed by atoms with Crippen LogP contribution < -0.4 is 4.74 Å². The zero-order chi connectivity index (χ0) is 27.9. The first kappa shape index (κ1) is 31.7. The van der Waals surface area contributed by atoms with Gasteiger partial charge in [0.25, 0.3) is 0 Å². The van der Waals surface area contributed by atoms with Crippen molar-refractivity contribution >= 4 is 0 Å². The quantitative estimate of drug-likeness (QED) is 0.177. The molecule has 1 aliphatic carbocycles. The number of unbranched alkanes of at least 4 members (excludes halogenated alkanes) is 5. The Morgan fingerprint density at radius 3 is 1.97 bits per heavy atom. The van der Waals surface area contributed by atoms with Gasteiger partial charge in [-0.3, -0.25) is 0 Å². The Bertz CT molecular complexity index is 890. The molecule has 0 N–H and O–H groups in total. The molecule has 0 spiro atoms. The monoisotopic (exact) mass is 534 g/mol. The van der Waals surface area contributed by atoms with Crippen molar-refractivity contribution in [3.05, 3.63) is 54.1 Å². The van der Waals surface area contributed by atoms with Gasteiger partial charge >= 0.3 is 0 Å². The second kappa shape index (κ2) is 17.1. The lowest BCUT2D eigenvalue weighted by Gasteiger charge is -2.37. The van der Waals surface area contributed by atoms with E-state index in [1.54, 1.807) is 0 Å². The second-order valence-corrected chi connectivity index (χ2v) is 13.1. The minimum Gasteiger partial charge on any atom is -0.494 e. The Hall–Kier alpha value is -1.80. The van der Waals surface area contributed by atoms with Crippen LogP contribution in [-0.2, 0) is 4.74 Å². The molecule has 1 fully saturated rings. The van der Waals surface area contributed by atoms with E-state index < -0.39 is 0 Å². The van der Waals surface area contributed by atoms with E-state index in [9.17, 15) is 0 Å². The van der Waals surface area contributed by atoms with Gasteiger partial charge in [-0.25, -0.2) is 0 Å². The zero-order valence-electron chi connectivity index (χ0n) is 26.0.